The fraction of sp³-hybridized carbons (Fsp3) is 0.188. The first-order chi connectivity index (χ1) is 9.96. The number of phenols is 1. The van der Waals surface area contributed by atoms with Gasteiger partial charge in [0.2, 0.25) is 0 Å². The van der Waals surface area contributed by atoms with Crippen LogP contribution in [-0.2, 0) is 5.54 Å². The quantitative estimate of drug-likeness (QED) is 0.813. The highest BCUT2D eigenvalue weighted by Crippen LogP contribution is 2.25. The molecule has 2 aromatic carbocycles. The molecule has 4 nitrogen and oxygen atoms in total. The lowest BCUT2D eigenvalue weighted by molar-refractivity contribution is 0.0847. The number of phenolic OH excluding ortho intramolecular Hbond substituents is 1. The van der Waals surface area contributed by atoms with Gasteiger partial charge in [-0.2, -0.15) is 0 Å². The molecule has 0 aliphatic rings. The zero-order valence-electron chi connectivity index (χ0n) is 11.5. The van der Waals surface area contributed by atoms with E-state index in [9.17, 15) is 15.0 Å². The van der Waals surface area contributed by atoms with Crippen LogP contribution in [0.4, 0.5) is 0 Å². The molecule has 2 aromatic rings. The third kappa shape index (κ3) is 3.35. The van der Waals surface area contributed by atoms with Gasteiger partial charge in [0.25, 0.3) is 5.91 Å². The van der Waals surface area contributed by atoms with Crippen LogP contribution in [0.25, 0.3) is 0 Å². The second-order valence-corrected chi connectivity index (χ2v) is 5.41. The summed E-state index contributed by atoms with van der Waals surface area (Å²) in [5, 5.41) is 22.5. The van der Waals surface area contributed by atoms with Gasteiger partial charge in [0, 0.05) is 5.02 Å². The van der Waals surface area contributed by atoms with Crippen molar-refractivity contribution in [1.82, 2.24) is 5.32 Å². The maximum Gasteiger partial charge on any atom is 0.255 e. The molecule has 0 saturated heterocycles. The third-order valence-electron chi connectivity index (χ3n) is 3.32. The second kappa shape index (κ2) is 6.16. The molecule has 21 heavy (non-hydrogen) atoms. The van der Waals surface area contributed by atoms with Crippen molar-refractivity contribution in [3.05, 3.63) is 64.7 Å². The van der Waals surface area contributed by atoms with Crippen molar-refractivity contribution in [2.24, 2.45) is 0 Å². The number of carbonyl (C=O) groups is 1. The summed E-state index contributed by atoms with van der Waals surface area (Å²) in [6.45, 7) is 1.44. The van der Waals surface area contributed by atoms with Crippen molar-refractivity contribution < 1.29 is 15.0 Å². The minimum Gasteiger partial charge on any atom is -0.507 e. The number of benzene rings is 2. The summed E-state index contributed by atoms with van der Waals surface area (Å²) < 4.78 is 0. The van der Waals surface area contributed by atoms with E-state index in [2.05, 4.69) is 5.32 Å². The molecular weight excluding hydrogens is 290 g/mol. The van der Waals surface area contributed by atoms with Gasteiger partial charge in [-0.05, 0) is 30.7 Å². The predicted molar refractivity (Wildman–Crippen MR) is 81.5 cm³/mol. The minimum absolute atomic E-state index is 0.0677. The average Bonchev–Trinajstić information content (AvgIpc) is 2.50. The molecule has 0 aromatic heterocycles. The topological polar surface area (TPSA) is 69.6 Å². The first kappa shape index (κ1) is 15.4. The maximum atomic E-state index is 12.3. The number of halogens is 1. The third-order valence-corrected chi connectivity index (χ3v) is 3.55. The first-order valence-electron chi connectivity index (χ1n) is 6.44. The Balaban J connectivity index is 2.30. The molecule has 0 bridgehead atoms. The number of aromatic hydroxyl groups is 1. The Labute approximate surface area is 128 Å². The van der Waals surface area contributed by atoms with Crippen LogP contribution in [-0.4, -0.2) is 22.7 Å². The molecule has 0 radical (unpaired) electrons. The number of nitrogens with one attached hydrogen (secondary N) is 1. The molecule has 110 valence electrons. The van der Waals surface area contributed by atoms with Gasteiger partial charge < -0.3 is 15.5 Å². The number of hydrogen-bond acceptors (Lipinski definition) is 3. The number of amides is 1. The van der Waals surface area contributed by atoms with Gasteiger partial charge >= 0.3 is 0 Å². The summed E-state index contributed by atoms with van der Waals surface area (Å²) in [5.41, 5.74) is -0.118. The van der Waals surface area contributed by atoms with Crippen molar-refractivity contribution in [2.45, 2.75) is 12.5 Å². The van der Waals surface area contributed by atoms with Gasteiger partial charge in [0.05, 0.1) is 17.7 Å². The van der Waals surface area contributed by atoms with Crippen molar-refractivity contribution >= 4 is 17.5 Å². The Morgan fingerprint density at radius 3 is 2.52 bits per heavy atom. The molecule has 0 heterocycles. The van der Waals surface area contributed by atoms with Crippen LogP contribution in [0, 0.1) is 0 Å². The summed E-state index contributed by atoms with van der Waals surface area (Å²) in [6.07, 6.45) is 0. The van der Waals surface area contributed by atoms with E-state index in [4.69, 9.17) is 11.6 Å². The van der Waals surface area contributed by atoms with Crippen LogP contribution in [0.3, 0.4) is 0 Å². The minimum atomic E-state index is -0.951. The summed E-state index contributed by atoms with van der Waals surface area (Å²) in [6, 6.07) is 13.4. The van der Waals surface area contributed by atoms with E-state index >= 15 is 0 Å². The van der Waals surface area contributed by atoms with Gasteiger partial charge in [0.1, 0.15) is 5.75 Å². The number of hydrogen-bond donors (Lipinski definition) is 3. The number of rotatable bonds is 4. The Bertz CT molecular complexity index is 645. The molecule has 2 rings (SSSR count). The lowest BCUT2D eigenvalue weighted by atomic mass is 9.92. The van der Waals surface area contributed by atoms with E-state index in [0.29, 0.717) is 5.02 Å². The first-order valence-corrected chi connectivity index (χ1v) is 6.81. The smallest absolute Gasteiger partial charge is 0.255 e. The molecule has 0 fully saturated rings. The summed E-state index contributed by atoms with van der Waals surface area (Å²) >= 11 is 5.84. The van der Waals surface area contributed by atoms with E-state index in [1.165, 1.54) is 18.2 Å². The average molecular weight is 306 g/mol. The standard InChI is InChI=1S/C16H16ClNO3/c1-16(10-19,11-5-3-2-4-6-11)18-15(21)13-9-12(17)7-8-14(13)20/h2-9,19-20H,10H2,1H3,(H,18,21). The summed E-state index contributed by atoms with van der Waals surface area (Å²) in [4.78, 5) is 12.3. The van der Waals surface area contributed by atoms with E-state index in [1.54, 1.807) is 6.92 Å². The molecule has 0 spiro atoms. The van der Waals surface area contributed by atoms with Crippen molar-refractivity contribution in [3.63, 3.8) is 0 Å². The van der Waals surface area contributed by atoms with Crippen molar-refractivity contribution in [3.8, 4) is 5.75 Å². The molecular formula is C16H16ClNO3. The second-order valence-electron chi connectivity index (χ2n) is 4.97. The van der Waals surface area contributed by atoms with E-state index < -0.39 is 11.4 Å². The van der Waals surface area contributed by atoms with E-state index in [1.807, 2.05) is 30.3 Å². The molecule has 1 unspecified atom stereocenters. The fourth-order valence-electron chi connectivity index (χ4n) is 2.02. The predicted octanol–water partition coefficient (Wildman–Crippen LogP) is 2.68. The largest absolute Gasteiger partial charge is 0.507 e. The fourth-order valence-corrected chi connectivity index (χ4v) is 2.19. The Morgan fingerprint density at radius 1 is 1.24 bits per heavy atom. The molecule has 1 amide bonds. The van der Waals surface area contributed by atoms with Crippen molar-refractivity contribution in [2.75, 3.05) is 6.61 Å². The lowest BCUT2D eigenvalue weighted by Crippen LogP contribution is -2.46. The van der Waals surface area contributed by atoms with Crippen LogP contribution in [0.5, 0.6) is 5.75 Å². The highest BCUT2D eigenvalue weighted by atomic mass is 35.5. The highest BCUT2D eigenvalue weighted by Gasteiger charge is 2.29. The maximum absolute atomic E-state index is 12.3. The van der Waals surface area contributed by atoms with Gasteiger partial charge in [-0.3, -0.25) is 4.79 Å². The number of aliphatic hydroxyl groups is 1. The monoisotopic (exact) mass is 305 g/mol. The summed E-state index contributed by atoms with van der Waals surface area (Å²) in [5.74, 6) is -0.666. The van der Waals surface area contributed by atoms with Crippen LogP contribution in [0.2, 0.25) is 5.02 Å². The summed E-state index contributed by atoms with van der Waals surface area (Å²) in [7, 11) is 0. The zero-order chi connectivity index (χ0) is 15.5. The highest BCUT2D eigenvalue weighted by molar-refractivity contribution is 6.31. The molecule has 0 aliphatic heterocycles. The van der Waals surface area contributed by atoms with Crippen LogP contribution in [0.15, 0.2) is 48.5 Å². The van der Waals surface area contributed by atoms with Crippen molar-refractivity contribution in [1.29, 1.82) is 0 Å². The molecule has 0 aliphatic carbocycles. The Kier molecular flexibility index (Phi) is 4.50. The van der Waals surface area contributed by atoms with Gasteiger partial charge in [-0.1, -0.05) is 41.9 Å². The molecule has 5 heteroatoms. The molecule has 0 saturated carbocycles. The normalized spacial score (nSPS) is 13.5. The Hall–Kier alpha value is -2.04. The van der Waals surface area contributed by atoms with Crippen LogP contribution >= 0.6 is 11.6 Å². The zero-order valence-corrected chi connectivity index (χ0v) is 12.3. The van der Waals surface area contributed by atoms with Crippen LogP contribution < -0.4 is 5.32 Å². The number of aliphatic hydroxyl groups excluding tert-OH is 1. The van der Waals surface area contributed by atoms with Gasteiger partial charge in [-0.15, -0.1) is 0 Å². The number of carbonyl (C=O) groups excluding carboxylic acids is 1. The van der Waals surface area contributed by atoms with E-state index in [0.717, 1.165) is 5.56 Å². The van der Waals surface area contributed by atoms with E-state index in [-0.39, 0.29) is 17.9 Å². The van der Waals surface area contributed by atoms with Gasteiger partial charge in [-0.25, -0.2) is 0 Å². The van der Waals surface area contributed by atoms with Crippen LogP contribution in [0.1, 0.15) is 22.8 Å². The molecule has 3 N–H and O–H groups in total. The lowest BCUT2D eigenvalue weighted by Gasteiger charge is -2.29. The molecule has 1 atom stereocenters. The van der Waals surface area contributed by atoms with Gasteiger partial charge in [0.15, 0.2) is 0 Å². The Morgan fingerprint density at radius 2 is 1.90 bits per heavy atom. The SMILES string of the molecule is CC(CO)(NC(=O)c1cc(Cl)ccc1O)c1ccccc1.